The van der Waals surface area contributed by atoms with E-state index in [-0.39, 0.29) is 12.5 Å². The van der Waals surface area contributed by atoms with Gasteiger partial charge in [-0.15, -0.1) is 16.7 Å². The average Bonchev–Trinajstić information content (AvgIpc) is 2.77. The Morgan fingerprint density at radius 3 is 2.72 bits per heavy atom. The van der Waals surface area contributed by atoms with Gasteiger partial charge in [0.25, 0.3) is 5.91 Å². The number of aliphatic hydroxyl groups is 1. The first-order chi connectivity index (χ1) is 8.69. The van der Waals surface area contributed by atoms with E-state index in [1.807, 2.05) is 18.2 Å². The normalized spacial score (nSPS) is 21.2. The summed E-state index contributed by atoms with van der Waals surface area (Å²) in [5.41, 5.74) is 1.75. The zero-order chi connectivity index (χ0) is 13.0. The number of nitrogens with zero attached hydrogens (tertiary/aromatic N) is 1. The predicted octanol–water partition coefficient (Wildman–Crippen LogP) is 2.36. The summed E-state index contributed by atoms with van der Waals surface area (Å²) in [7, 11) is 0. The minimum Gasteiger partial charge on any atom is -0.388 e. The van der Waals surface area contributed by atoms with Gasteiger partial charge in [0.05, 0.1) is 12.5 Å². The SMILES string of the molecule is O=NC(=O)Cc1ccc(/C=C2\SCCC2O)cc1. The molecule has 1 aromatic rings. The number of hydrogen-bond donors (Lipinski definition) is 1. The summed E-state index contributed by atoms with van der Waals surface area (Å²) in [6.45, 7) is 0. The second-order valence-electron chi connectivity index (χ2n) is 4.10. The third-order valence-electron chi connectivity index (χ3n) is 2.73. The van der Waals surface area contributed by atoms with Crippen molar-refractivity contribution >= 4 is 23.7 Å². The van der Waals surface area contributed by atoms with Crippen LogP contribution in [0.5, 0.6) is 0 Å². The van der Waals surface area contributed by atoms with E-state index in [0.29, 0.717) is 0 Å². The average molecular weight is 263 g/mol. The molecule has 1 atom stereocenters. The molecule has 1 aromatic carbocycles. The third-order valence-corrected chi connectivity index (χ3v) is 3.90. The minimum absolute atomic E-state index is 0.0394. The Balaban J connectivity index is 2.08. The van der Waals surface area contributed by atoms with Crippen molar-refractivity contribution in [2.24, 2.45) is 5.18 Å². The third kappa shape index (κ3) is 3.27. The van der Waals surface area contributed by atoms with Crippen molar-refractivity contribution in [1.29, 1.82) is 0 Å². The summed E-state index contributed by atoms with van der Waals surface area (Å²) < 4.78 is 0. The molecule has 1 unspecified atom stereocenters. The Labute approximate surface area is 109 Å². The number of aliphatic hydroxyl groups excluding tert-OH is 1. The highest BCUT2D eigenvalue weighted by molar-refractivity contribution is 8.03. The fourth-order valence-electron chi connectivity index (χ4n) is 1.77. The Morgan fingerprint density at radius 1 is 1.44 bits per heavy atom. The number of benzene rings is 1. The van der Waals surface area contributed by atoms with Crippen LogP contribution in [0.2, 0.25) is 0 Å². The van der Waals surface area contributed by atoms with Crippen molar-refractivity contribution in [2.45, 2.75) is 18.9 Å². The summed E-state index contributed by atoms with van der Waals surface area (Å²) >= 11 is 1.66. The minimum atomic E-state index is -0.664. The van der Waals surface area contributed by atoms with Crippen LogP contribution in [0.1, 0.15) is 17.5 Å². The van der Waals surface area contributed by atoms with E-state index >= 15 is 0 Å². The summed E-state index contributed by atoms with van der Waals surface area (Å²) in [4.78, 5) is 21.8. The van der Waals surface area contributed by atoms with Gasteiger partial charge < -0.3 is 5.11 Å². The van der Waals surface area contributed by atoms with Crippen LogP contribution < -0.4 is 0 Å². The molecule has 1 aliphatic rings. The molecule has 0 saturated carbocycles. The van der Waals surface area contributed by atoms with Gasteiger partial charge in [0, 0.05) is 15.8 Å². The summed E-state index contributed by atoms with van der Waals surface area (Å²) in [6.07, 6.45) is 2.44. The number of nitroso groups, excluding NO2 is 1. The van der Waals surface area contributed by atoms with Crippen molar-refractivity contribution in [3.63, 3.8) is 0 Å². The first-order valence-corrected chi connectivity index (χ1v) is 6.65. The van der Waals surface area contributed by atoms with Crippen molar-refractivity contribution in [2.75, 3.05) is 5.75 Å². The molecule has 94 valence electrons. The summed E-state index contributed by atoms with van der Waals surface area (Å²) in [5.74, 6) is 0.285. The number of carbonyl (C=O) groups excluding carboxylic acids is 1. The molecule has 2 rings (SSSR count). The lowest BCUT2D eigenvalue weighted by atomic mass is 10.1. The fourth-order valence-corrected chi connectivity index (χ4v) is 2.87. The Bertz CT molecular complexity index is 482. The Hall–Kier alpha value is -1.46. The Kier molecular flexibility index (Phi) is 4.28. The van der Waals surface area contributed by atoms with Crippen LogP contribution in [0.4, 0.5) is 0 Å². The molecule has 0 radical (unpaired) electrons. The molecule has 0 bridgehead atoms. The van der Waals surface area contributed by atoms with Crippen LogP contribution in [-0.2, 0) is 11.2 Å². The zero-order valence-corrected chi connectivity index (χ0v) is 10.5. The summed E-state index contributed by atoms with van der Waals surface area (Å²) in [5, 5.41) is 12.0. The molecule has 1 amide bonds. The van der Waals surface area contributed by atoms with Gasteiger partial charge in [-0.05, 0) is 23.6 Å². The van der Waals surface area contributed by atoms with Crippen LogP contribution in [0.25, 0.3) is 6.08 Å². The van der Waals surface area contributed by atoms with Crippen molar-refractivity contribution in [1.82, 2.24) is 0 Å². The maximum atomic E-state index is 10.9. The molecule has 1 fully saturated rings. The quantitative estimate of drug-likeness (QED) is 0.850. The molecule has 1 N–H and O–H groups in total. The smallest absolute Gasteiger partial charge is 0.290 e. The zero-order valence-electron chi connectivity index (χ0n) is 9.70. The highest BCUT2D eigenvalue weighted by Gasteiger charge is 2.18. The molecule has 5 heteroatoms. The first-order valence-electron chi connectivity index (χ1n) is 5.66. The standard InChI is InChI=1S/C13H13NO3S/c15-11-5-6-18-12(11)7-9-1-3-10(4-2-9)8-13(16)14-17/h1-4,7,11,15H,5-6,8H2/b12-7-. The fraction of sp³-hybridized carbons (Fsp3) is 0.308. The van der Waals surface area contributed by atoms with Gasteiger partial charge in [0.2, 0.25) is 0 Å². The highest BCUT2D eigenvalue weighted by atomic mass is 32.2. The van der Waals surface area contributed by atoms with E-state index in [4.69, 9.17) is 0 Å². The predicted molar refractivity (Wildman–Crippen MR) is 72.0 cm³/mol. The molecule has 18 heavy (non-hydrogen) atoms. The molecule has 1 saturated heterocycles. The van der Waals surface area contributed by atoms with Gasteiger partial charge in [-0.2, -0.15) is 0 Å². The van der Waals surface area contributed by atoms with E-state index in [9.17, 15) is 14.8 Å². The van der Waals surface area contributed by atoms with Crippen LogP contribution in [0.15, 0.2) is 34.3 Å². The van der Waals surface area contributed by atoms with Crippen LogP contribution in [0.3, 0.4) is 0 Å². The van der Waals surface area contributed by atoms with Gasteiger partial charge in [-0.1, -0.05) is 24.3 Å². The molecule has 0 spiro atoms. The van der Waals surface area contributed by atoms with Crippen LogP contribution >= 0.6 is 11.8 Å². The van der Waals surface area contributed by atoms with Crippen molar-refractivity contribution in [3.8, 4) is 0 Å². The molecular weight excluding hydrogens is 250 g/mol. The van der Waals surface area contributed by atoms with Crippen molar-refractivity contribution in [3.05, 3.63) is 45.2 Å². The second kappa shape index (κ2) is 5.93. The second-order valence-corrected chi connectivity index (χ2v) is 5.27. The van der Waals surface area contributed by atoms with Crippen molar-refractivity contribution < 1.29 is 9.90 Å². The lowest BCUT2D eigenvalue weighted by molar-refractivity contribution is -0.117. The molecule has 4 nitrogen and oxygen atoms in total. The van der Waals surface area contributed by atoms with Crippen LogP contribution in [-0.4, -0.2) is 22.9 Å². The lowest BCUT2D eigenvalue weighted by Crippen LogP contribution is -2.00. The molecule has 0 aliphatic carbocycles. The monoisotopic (exact) mass is 263 g/mol. The number of rotatable bonds is 3. The lowest BCUT2D eigenvalue weighted by Gasteiger charge is -2.03. The van der Waals surface area contributed by atoms with Gasteiger partial charge in [-0.3, -0.25) is 4.79 Å². The number of thioether (sulfide) groups is 1. The summed E-state index contributed by atoms with van der Waals surface area (Å²) in [6, 6.07) is 7.32. The maximum Gasteiger partial charge on any atom is 0.290 e. The number of hydrogen-bond acceptors (Lipinski definition) is 4. The highest BCUT2D eigenvalue weighted by Crippen LogP contribution is 2.32. The van der Waals surface area contributed by atoms with Crippen LogP contribution in [0, 0.1) is 4.91 Å². The number of amides is 1. The maximum absolute atomic E-state index is 10.9. The first kappa shape index (κ1) is 13.0. The largest absolute Gasteiger partial charge is 0.388 e. The van der Waals surface area contributed by atoms with Gasteiger partial charge >= 0.3 is 0 Å². The number of carbonyl (C=O) groups is 1. The van der Waals surface area contributed by atoms with Gasteiger partial charge in [0.1, 0.15) is 0 Å². The van der Waals surface area contributed by atoms with Gasteiger partial charge in [-0.25, -0.2) is 0 Å². The van der Waals surface area contributed by atoms with E-state index in [1.54, 1.807) is 23.9 Å². The van der Waals surface area contributed by atoms with E-state index in [1.165, 1.54) is 0 Å². The molecule has 1 heterocycles. The Morgan fingerprint density at radius 2 is 2.17 bits per heavy atom. The topological polar surface area (TPSA) is 66.7 Å². The van der Waals surface area contributed by atoms with E-state index < -0.39 is 5.91 Å². The van der Waals surface area contributed by atoms with Gasteiger partial charge in [0.15, 0.2) is 0 Å². The molecule has 1 aliphatic heterocycles. The van der Waals surface area contributed by atoms with E-state index in [0.717, 1.165) is 28.2 Å². The molecular formula is C13H13NO3S. The van der Waals surface area contributed by atoms with E-state index in [2.05, 4.69) is 5.18 Å². The molecule has 0 aromatic heterocycles.